The van der Waals surface area contributed by atoms with Crippen LogP contribution in [0.4, 0.5) is 0 Å². The van der Waals surface area contributed by atoms with Gasteiger partial charge in [0.2, 0.25) is 0 Å². The van der Waals surface area contributed by atoms with Crippen LogP contribution in [0.1, 0.15) is 39.7 Å². The fourth-order valence-corrected chi connectivity index (χ4v) is 5.11. The maximum atomic E-state index is 9.93. The second-order valence-corrected chi connectivity index (χ2v) is 9.44. The Morgan fingerprint density at radius 2 is 1.59 bits per heavy atom. The predicted octanol–water partition coefficient (Wildman–Crippen LogP) is 4.57. The van der Waals surface area contributed by atoms with Crippen LogP contribution in [0, 0.1) is 25.2 Å². The number of aryl methyl sites for hydroxylation is 2. The van der Waals surface area contributed by atoms with E-state index >= 15 is 0 Å². The van der Waals surface area contributed by atoms with Gasteiger partial charge in [-0.15, -0.1) is 5.10 Å². The molecule has 1 saturated heterocycles. The average Bonchev–Trinajstić information content (AvgIpc) is 3.39. The summed E-state index contributed by atoms with van der Waals surface area (Å²) in [5.74, 6) is 0.734. The highest BCUT2D eigenvalue weighted by atomic mass is 15.6. The molecule has 0 unspecified atom stereocenters. The quantitative estimate of drug-likeness (QED) is 0.379. The molecule has 1 atom stereocenters. The Balaban J connectivity index is 1.43. The molecule has 1 aliphatic heterocycles. The number of benzene rings is 3. The van der Waals surface area contributed by atoms with Crippen molar-refractivity contribution in [2.45, 2.75) is 19.9 Å². The van der Waals surface area contributed by atoms with Gasteiger partial charge in [-0.2, -0.15) is 9.94 Å². The largest absolute Gasteiger partial charge is 0.297 e. The molecule has 0 N–H and O–H groups in total. The molecule has 4 aromatic rings. The van der Waals surface area contributed by atoms with Crippen molar-refractivity contribution in [1.29, 1.82) is 5.26 Å². The van der Waals surface area contributed by atoms with E-state index in [9.17, 15) is 5.26 Å². The van der Waals surface area contributed by atoms with E-state index in [4.69, 9.17) is 0 Å². The van der Waals surface area contributed by atoms with Gasteiger partial charge in [0.05, 0.1) is 23.4 Å². The highest BCUT2D eigenvalue weighted by Gasteiger charge is 2.32. The molecule has 0 spiro atoms. The van der Waals surface area contributed by atoms with Crippen molar-refractivity contribution in [2.24, 2.45) is 0 Å². The highest BCUT2D eigenvalue weighted by molar-refractivity contribution is 5.49. The van der Waals surface area contributed by atoms with Crippen molar-refractivity contribution in [3.63, 3.8) is 0 Å². The summed E-state index contributed by atoms with van der Waals surface area (Å²) in [5, 5.41) is 23.0. The molecule has 0 saturated carbocycles. The highest BCUT2D eigenvalue weighted by Crippen LogP contribution is 2.32. The van der Waals surface area contributed by atoms with Crippen LogP contribution in [-0.2, 0) is 0 Å². The average molecular weight is 490 g/mol. The molecule has 0 amide bonds. The lowest BCUT2D eigenvalue weighted by Crippen LogP contribution is -2.48. The Morgan fingerprint density at radius 1 is 0.892 bits per heavy atom. The van der Waals surface area contributed by atoms with Crippen molar-refractivity contribution in [2.75, 3.05) is 32.7 Å². The minimum Gasteiger partial charge on any atom is -0.297 e. The molecule has 7 heteroatoms. The molecule has 0 bridgehead atoms. The Morgan fingerprint density at radius 3 is 2.32 bits per heavy atom. The minimum atomic E-state index is -0.230. The van der Waals surface area contributed by atoms with E-state index in [-0.39, 0.29) is 6.04 Å². The van der Waals surface area contributed by atoms with Gasteiger partial charge in [-0.05, 0) is 52.6 Å². The topological polar surface area (TPSA) is 73.9 Å². The molecule has 1 aliphatic rings. The number of hydrogen-bond acceptors (Lipinski definition) is 6. The first kappa shape index (κ1) is 24.6. The summed E-state index contributed by atoms with van der Waals surface area (Å²) in [6, 6.07) is 26.5. The molecule has 37 heavy (non-hydrogen) atoms. The van der Waals surface area contributed by atoms with E-state index in [1.165, 1.54) is 5.56 Å². The number of para-hydroxylation sites is 1. The summed E-state index contributed by atoms with van der Waals surface area (Å²) in [6.45, 7) is 8.61. The zero-order valence-electron chi connectivity index (χ0n) is 21.3. The molecule has 2 heterocycles. The van der Waals surface area contributed by atoms with Crippen molar-refractivity contribution < 1.29 is 0 Å². The van der Waals surface area contributed by atoms with Gasteiger partial charge in [-0.1, -0.05) is 78.9 Å². The lowest BCUT2D eigenvalue weighted by molar-refractivity contribution is 0.113. The van der Waals surface area contributed by atoms with Crippen LogP contribution >= 0.6 is 0 Å². The van der Waals surface area contributed by atoms with Gasteiger partial charge in [-0.25, -0.2) is 0 Å². The second-order valence-electron chi connectivity index (χ2n) is 9.44. The van der Waals surface area contributed by atoms with E-state index in [0.29, 0.717) is 5.56 Å². The number of tetrazole rings is 1. The van der Waals surface area contributed by atoms with Gasteiger partial charge in [0.1, 0.15) is 0 Å². The molecule has 1 fully saturated rings. The first-order chi connectivity index (χ1) is 18.2. The molecule has 186 valence electrons. The van der Waals surface area contributed by atoms with Gasteiger partial charge in [0, 0.05) is 32.7 Å². The molecule has 7 nitrogen and oxygen atoms in total. The fourth-order valence-electron chi connectivity index (χ4n) is 5.11. The van der Waals surface area contributed by atoms with E-state index in [0.717, 1.165) is 60.9 Å². The summed E-state index contributed by atoms with van der Waals surface area (Å²) in [4.78, 5) is 4.86. The summed E-state index contributed by atoms with van der Waals surface area (Å²) >= 11 is 0. The van der Waals surface area contributed by atoms with Gasteiger partial charge in [-0.3, -0.25) is 9.80 Å². The van der Waals surface area contributed by atoms with Crippen molar-refractivity contribution in [3.05, 3.63) is 113 Å². The number of rotatable bonds is 7. The Hall–Kier alpha value is -4.12. The summed E-state index contributed by atoms with van der Waals surface area (Å²) in [6.07, 6.45) is 4.41. The SMILES string of the molecule is Cc1cccc(C)c1-n1nnnc1[C@@H](c1ccccc1C#N)N1CCN(CC=Cc2ccccc2)CC1. The molecule has 0 aliphatic carbocycles. The molecule has 1 aromatic heterocycles. The second kappa shape index (κ2) is 11.3. The zero-order chi connectivity index (χ0) is 25.6. The Kier molecular flexibility index (Phi) is 7.50. The normalized spacial score (nSPS) is 15.6. The predicted molar refractivity (Wildman–Crippen MR) is 145 cm³/mol. The third-order valence-corrected chi connectivity index (χ3v) is 7.01. The summed E-state index contributed by atoms with van der Waals surface area (Å²) in [7, 11) is 0. The number of nitrogens with zero attached hydrogens (tertiary/aromatic N) is 7. The first-order valence-corrected chi connectivity index (χ1v) is 12.7. The van der Waals surface area contributed by atoms with Gasteiger partial charge in [0.25, 0.3) is 0 Å². The van der Waals surface area contributed by atoms with Gasteiger partial charge in [0.15, 0.2) is 5.82 Å². The smallest absolute Gasteiger partial charge is 0.178 e. The number of piperazine rings is 1. The van der Waals surface area contributed by atoms with Crippen LogP contribution in [0.3, 0.4) is 0 Å². The standard InChI is InChI=1S/C30H31N7/c1-23-10-8-11-24(2)28(23)37-30(32-33-34-37)29(27-16-7-6-15-26(27)22-31)36-20-18-35(19-21-36)17-9-14-25-12-4-3-5-13-25/h3-16,29H,17-21H2,1-2H3/t29-/m1/s1. The van der Waals surface area contributed by atoms with Crippen LogP contribution in [-0.4, -0.2) is 62.7 Å². The van der Waals surface area contributed by atoms with E-state index in [2.05, 4.69) is 93.8 Å². The van der Waals surface area contributed by atoms with Crippen LogP contribution in [0.25, 0.3) is 11.8 Å². The lowest BCUT2D eigenvalue weighted by Gasteiger charge is -2.38. The lowest BCUT2D eigenvalue weighted by atomic mass is 9.97. The first-order valence-electron chi connectivity index (χ1n) is 12.7. The number of hydrogen-bond donors (Lipinski definition) is 0. The van der Waals surface area contributed by atoms with Crippen LogP contribution < -0.4 is 0 Å². The van der Waals surface area contributed by atoms with Gasteiger partial charge >= 0.3 is 0 Å². The minimum absolute atomic E-state index is 0.230. The Labute approximate surface area is 218 Å². The number of nitriles is 1. The summed E-state index contributed by atoms with van der Waals surface area (Å²) in [5.41, 5.74) is 6.01. The third kappa shape index (κ3) is 5.36. The van der Waals surface area contributed by atoms with E-state index < -0.39 is 0 Å². The molecular formula is C30H31N7. The monoisotopic (exact) mass is 489 g/mol. The van der Waals surface area contributed by atoms with Crippen LogP contribution in [0.5, 0.6) is 0 Å². The Bertz CT molecular complexity index is 1390. The molecule has 3 aromatic carbocycles. The third-order valence-electron chi connectivity index (χ3n) is 7.01. The van der Waals surface area contributed by atoms with Gasteiger partial charge < -0.3 is 0 Å². The van der Waals surface area contributed by atoms with Crippen molar-refractivity contribution >= 4 is 6.08 Å². The van der Waals surface area contributed by atoms with Crippen molar-refractivity contribution in [3.8, 4) is 11.8 Å². The zero-order valence-corrected chi connectivity index (χ0v) is 21.3. The van der Waals surface area contributed by atoms with E-state index in [1.54, 1.807) is 0 Å². The van der Waals surface area contributed by atoms with Crippen LogP contribution in [0.2, 0.25) is 0 Å². The van der Waals surface area contributed by atoms with E-state index in [1.807, 2.05) is 41.1 Å². The van der Waals surface area contributed by atoms with Crippen molar-refractivity contribution in [1.82, 2.24) is 30.0 Å². The molecule has 5 rings (SSSR count). The maximum Gasteiger partial charge on any atom is 0.178 e. The summed E-state index contributed by atoms with van der Waals surface area (Å²) < 4.78 is 1.86. The van der Waals surface area contributed by atoms with Crippen LogP contribution in [0.15, 0.2) is 78.9 Å². The number of aromatic nitrogens is 4. The fraction of sp³-hybridized carbons (Fsp3) is 0.267. The maximum absolute atomic E-state index is 9.93. The molecular weight excluding hydrogens is 458 g/mol. The molecule has 0 radical (unpaired) electrons.